The number of hydrogen-bond donors (Lipinski definition) is 1. The van der Waals surface area contributed by atoms with Gasteiger partial charge in [0, 0.05) is 24.9 Å². The zero-order valence-corrected chi connectivity index (χ0v) is 14.0. The number of aliphatic carboxylic acids is 1. The van der Waals surface area contributed by atoms with Crippen molar-refractivity contribution in [3.63, 3.8) is 0 Å². The molecular weight excluding hydrogens is 310 g/mol. The molecule has 0 aliphatic carbocycles. The standard InChI is InChI=1S/C17H21N3O4/c1-10(2)15-18-19-17(24-15)20-8-13(14(9-20)16(21)22)11-4-6-12(23-3)7-5-11/h4-7,10,13-14H,8-9H2,1-3H3,(H,21,22)/t13-,14+/m0/s1. The first kappa shape index (κ1) is 16.3. The summed E-state index contributed by atoms with van der Waals surface area (Å²) < 4.78 is 10.8. The zero-order chi connectivity index (χ0) is 17.3. The van der Waals surface area contributed by atoms with E-state index in [0.717, 1.165) is 11.3 Å². The van der Waals surface area contributed by atoms with E-state index in [1.807, 2.05) is 43.0 Å². The summed E-state index contributed by atoms with van der Waals surface area (Å²) in [6.07, 6.45) is 0. The summed E-state index contributed by atoms with van der Waals surface area (Å²) in [4.78, 5) is 13.5. The number of carbonyl (C=O) groups is 1. The van der Waals surface area contributed by atoms with Crippen LogP contribution in [-0.4, -0.2) is 41.5 Å². The summed E-state index contributed by atoms with van der Waals surface area (Å²) in [5, 5.41) is 17.7. The van der Waals surface area contributed by atoms with Gasteiger partial charge < -0.3 is 19.2 Å². The van der Waals surface area contributed by atoms with Crippen LogP contribution in [-0.2, 0) is 4.79 Å². The maximum absolute atomic E-state index is 11.7. The van der Waals surface area contributed by atoms with Crippen molar-refractivity contribution in [2.75, 3.05) is 25.1 Å². The van der Waals surface area contributed by atoms with Crippen molar-refractivity contribution in [3.8, 4) is 5.75 Å². The number of carboxylic acid groups (broad SMARTS) is 1. The molecule has 2 heterocycles. The minimum Gasteiger partial charge on any atom is -0.497 e. The van der Waals surface area contributed by atoms with E-state index in [4.69, 9.17) is 9.15 Å². The molecule has 0 bridgehead atoms. The lowest BCUT2D eigenvalue weighted by atomic mass is 9.89. The Morgan fingerprint density at radius 2 is 2.00 bits per heavy atom. The molecule has 1 fully saturated rings. The maximum atomic E-state index is 11.7. The van der Waals surface area contributed by atoms with E-state index in [9.17, 15) is 9.90 Å². The average Bonchev–Trinajstić information content (AvgIpc) is 3.22. The van der Waals surface area contributed by atoms with E-state index in [2.05, 4.69) is 10.2 Å². The van der Waals surface area contributed by atoms with Gasteiger partial charge in [0.05, 0.1) is 13.0 Å². The summed E-state index contributed by atoms with van der Waals surface area (Å²) >= 11 is 0. The predicted molar refractivity (Wildman–Crippen MR) is 87.5 cm³/mol. The third kappa shape index (κ3) is 3.06. The minimum atomic E-state index is -0.818. The van der Waals surface area contributed by atoms with Crippen LogP contribution in [0.25, 0.3) is 0 Å². The van der Waals surface area contributed by atoms with Crippen LogP contribution in [0.5, 0.6) is 5.75 Å². The number of ether oxygens (including phenoxy) is 1. The Balaban J connectivity index is 1.84. The van der Waals surface area contributed by atoms with E-state index >= 15 is 0 Å². The Bertz CT molecular complexity index is 711. The van der Waals surface area contributed by atoms with E-state index in [1.54, 1.807) is 7.11 Å². The molecule has 0 unspecified atom stereocenters. The quantitative estimate of drug-likeness (QED) is 0.900. The largest absolute Gasteiger partial charge is 0.497 e. The van der Waals surface area contributed by atoms with Crippen LogP contribution in [0.4, 0.5) is 6.01 Å². The topological polar surface area (TPSA) is 88.7 Å². The summed E-state index contributed by atoms with van der Waals surface area (Å²) in [7, 11) is 1.61. The van der Waals surface area contributed by atoms with Crippen molar-refractivity contribution in [1.29, 1.82) is 0 Å². The fourth-order valence-electron chi connectivity index (χ4n) is 2.99. The molecular formula is C17H21N3O4. The van der Waals surface area contributed by atoms with Gasteiger partial charge in [-0.05, 0) is 17.7 Å². The van der Waals surface area contributed by atoms with Crippen molar-refractivity contribution in [1.82, 2.24) is 10.2 Å². The van der Waals surface area contributed by atoms with Gasteiger partial charge in [-0.2, -0.15) is 0 Å². The number of hydrogen-bond acceptors (Lipinski definition) is 6. The molecule has 0 spiro atoms. The zero-order valence-electron chi connectivity index (χ0n) is 14.0. The minimum absolute atomic E-state index is 0.136. The summed E-state index contributed by atoms with van der Waals surface area (Å²) in [6.45, 7) is 4.83. The third-order valence-electron chi connectivity index (χ3n) is 4.38. The van der Waals surface area contributed by atoms with Gasteiger partial charge in [0.1, 0.15) is 5.75 Å². The van der Waals surface area contributed by atoms with Crippen molar-refractivity contribution in [2.45, 2.75) is 25.7 Å². The molecule has 0 radical (unpaired) electrons. The number of benzene rings is 1. The van der Waals surface area contributed by atoms with Crippen LogP contribution >= 0.6 is 0 Å². The van der Waals surface area contributed by atoms with Crippen LogP contribution < -0.4 is 9.64 Å². The first-order valence-corrected chi connectivity index (χ1v) is 7.94. The summed E-state index contributed by atoms with van der Waals surface area (Å²) in [5.74, 6) is -0.0252. The third-order valence-corrected chi connectivity index (χ3v) is 4.38. The Morgan fingerprint density at radius 1 is 1.29 bits per heavy atom. The fraction of sp³-hybridized carbons (Fsp3) is 0.471. The van der Waals surface area contributed by atoms with Crippen LogP contribution in [0.2, 0.25) is 0 Å². The van der Waals surface area contributed by atoms with Gasteiger partial charge in [0.25, 0.3) is 0 Å². The van der Waals surface area contributed by atoms with Gasteiger partial charge >= 0.3 is 12.0 Å². The number of anilines is 1. The highest BCUT2D eigenvalue weighted by atomic mass is 16.5. The molecule has 128 valence electrons. The van der Waals surface area contributed by atoms with Crippen LogP contribution in [0, 0.1) is 5.92 Å². The Labute approximate surface area is 140 Å². The number of methoxy groups -OCH3 is 1. The molecule has 2 aromatic rings. The smallest absolute Gasteiger partial charge is 0.318 e. The van der Waals surface area contributed by atoms with E-state index in [0.29, 0.717) is 25.0 Å². The SMILES string of the molecule is COc1ccc([C@@H]2CN(c3nnc(C(C)C)o3)C[C@H]2C(=O)O)cc1. The number of aromatic nitrogens is 2. The highest BCUT2D eigenvalue weighted by Crippen LogP contribution is 2.36. The first-order valence-electron chi connectivity index (χ1n) is 7.94. The second kappa shape index (κ2) is 6.51. The van der Waals surface area contributed by atoms with Gasteiger partial charge in [0.2, 0.25) is 5.89 Å². The lowest BCUT2D eigenvalue weighted by molar-refractivity contribution is -0.141. The molecule has 1 saturated heterocycles. The second-order valence-corrected chi connectivity index (χ2v) is 6.31. The summed E-state index contributed by atoms with van der Waals surface area (Å²) in [5.41, 5.74) is 0.967. The average molecular weight is 331 g/mol. The Kier molecular flexibility index (Phi) is 4.42. The molecule has 0 saturated carbocycles. The van der Waals surface area contributed by atoms with Crippen molar-refractivity contribution in [2.24, 2.45) is 5.92 Å². The van der Waals surface area contributed by atoms with Crippen LogP contribution in [0.1, 0.15) is 37.1 Å². The highest BCUT2D eigenvalue weighted by molar-refractivity contribution is 5.73. The van der Waals surface area contributed by atoms with Gasteiger partial charge in [-0.25, -0.2) is 0 Å². The lowest BCUT2D eigenvalue weighted by Gasteiger charge is -2.15. The molecule has 24 heavy (non-hydrogen) atoms. The summed E-state index contributed by atoms with van der Waals surface area (Å²) in [6, 6.07) is 7.91. The molecule has 1 N–H and O–H groups in total. The normalized spacial score (nSPS) is 20.6. The van der Waals surface area contributed by atoms with Crippen molar-refractivity contribution < 1.29 is 19.1 Å². The molecule has 1 aliphatic heterocycles. The molecule has 1 aromatic heterocycles. The Hall–Kier alpha value is -2.57. The molecule has 2 atom stereocenters. The Morgan fingerprint density at radius 3 is 2.54 bits per heavy atom. The lowest BCUT2D eigenvalue weighted by Crippen LogP contribution is -2.23. The number of carboxylic acids is 1. The molecule has 7 heteroatoms. The molecule has 0 amide bonds. The monoisotopic (exact) mass is 331 g/mol. The van der Waals surface area contributed by atoms with Crippen LogP contribution in [0.15, 0.2) is 28.7 Å². The fourth-order valence-corrected chi connectivity index (χ4v) is 2.99. The highest BCUT2D eigenvalue weighted by Gasteiger charge is 2.40. The maximum Gasteiger partial charge on any atom is 0.318 e. The second-order valence-electron chi connectivity index (χ2n) is 6.31. The van der Waals surface area contributed by atoms with Gasteiger partial charge in [-0.1, -0.05) is 31.1 Å². The van der Waals surface area contributed by atoms with E-state index < -0.39 is 11.9 Å². The van der Waals surface area contributed by atoms with E-state index in [-0.39, 0.29) is 11.8 Å². The number of rotatable bonds is 5. The van der Waals surface area contributed by atoms with Crippen molar-refractivity contribution in [3.05, 3.63) is 35.7 Å². The van der Waals surface area contributed by atoms with E-state index in [1.165, 1.54) is 0 Å². The predicted octanol–water partition coefficient (Wildman–Crippen LogP) is 2.51. The first-order chi connectivity index (χ1) is 11.5. The van der Waals surface area contributed by atoms with Gasteiger partial charge in [-0.3, -0.25) is 4.79 Å². The van der Waals surface area contributed by atoms with Gasteiger partial charge in [-0.15, -0.1) is 5.10 Å². The number of nitrogens with zero attached hydrogens (tertiary/aromatic N) is 3. The molecule has 1 aliphatic rings. The van der Waals surface area contributed by atoms with Crippen LogP contribution in [0.3, 0.4) is 0 Å². The van der Waals surface area contributed by atoms with Gasteiger partial charge in [0.15, 0.2) is 0 Å². The van der Waals surface area contributed by atoms with Crippen molar-refractivity contribution >= 4 is 12.0 Å². The molecule has 1 aromatic carbocycles. The molecule has 3 rings (SSSR count). The molecule has 7 nitrogen and oxygen atoms in total.